The van der Waals surface area contributed by atoms with Crippen LogP contribution in [0.3, 0.4) is 0 Å². The molecule has 0 rings (SSSR count). The number of nitrogens with zero attached hydrogens (tertiary/aromatic N) is 1. The van der Waals surface area contributed by atoms with Crippen molar-refractivity contribution in [1.29, 1.82) is 0 Å². The van der Waals surface area contributed by atoms with Gasteiger partial charge in [-0.05, 0) is 13.8 Å². The van der Waals surface area contributed by atoms with Crippen LogP contribution in [0.25, 0.3) is 0 Å². The molecule has 4 heteroatoms. The molecule has 0 unspecified atom stereocenters. The number of hydrogen-bond acceptors (Lipinski definition) is 3. The Kier molecular flexibility index (Phi) is 4.95. The van der Waals surface area contributed by atoms with Gasteiger partial charge in [0.25, 0.3) is 0 Å². The molecule has 0 saturated heterocycles. The van der Waals surface area contributed by atoms with E-state index in [2.05, 4.69) is 0 Å². The predicted molar refractivity (Wildman–Crippen MR) is 50.3 cm³/mol. The summed E-state index contributed by atoms with van der Waals surface area (Å²) in [6.45, 7) is 5.42. The van der Waals surface area contributed by atoms with Gasteiger partial charge in [0.2, 0.25) is 5.91 Å². The molecule has 0 spiro atoms. The summed E-state index contributed by atoms with van der Waals surface area (Å²) in [6.07, 6.45) is 0.392. The van der Waals surface area contributed by atoms with E-state index >= 15 is 0 Å². The lowest BCUT2D eigenvalue weighted by molar-refractivity contribution is -0.138. The average Bonchev–Trinajstić information content (AvgIpc) is 2.12. The van der Waals surface area contributed by atoms with Gasteiger partial charge in [0.1, 0.15) is 0 Å². The van der Waals surface area contributed by atoms with Gasteiger partial charge < -0.3 is 15.1 Å². The Hall–Kier alpha value is -0.610. The van der Waals surface area contributed by atoms with E-state index in [0.29, 0.717) is 6.42 Å². The number of hydrogen-bond donors (Lipinski definition) is 2. The Balaban J connectivity index is 4.49. The summed E-state index contributed by atoms with van der Waals surface area (Å²) < 4.78 is 0. The molecular formula is C9H19NO3. The van der Waals surface area contributed by atoms with Gasteiger partial charge in [0.15, 0.2) is 0 Å². The van der Waals surface area contributed by atoms with E-state index in [1.165, 1.54) is 4.90 Å². The van der Waals surface area contributed by atoms with E-state index < -0.39 is 5.54 Å². The smallest absolute Gasteiger partial charge is 0.222 e. The number of aliphatic hydroxyl groups excluding tert-OH is 2. The molecule has 0 aliphatic heterocycles. The first kappa shape index (κ1) is 12.4. The number of carbonyl (C=O) groups excluding carboxylic acids is 1. The van der Waals surface area contributed by atoms with Crippen molar-refractivity contribution < 1.29 is 15.0 Å². The first-order chi connectivity index (χ1) is 5.99. The van der Waals surface area contributed by atoms with E-state index in [4.69, 9.17) is 10.2 Å². The lowest BCUT2D eigenvalue weighted by Gasteiger charge is -2.36. The van der Waals surface area contributed by atoms with Crippen molar-refractivity contribution in [2.24, 2.45) is 0 Å². The van der Waals surface area contributed by atoms with E-state index in [-0.39, 0.29) is 25.7 Å². The lowest BCUT2D eigenvalue weighted by Crippen LogP contribution is -2.51. The molecule has 0 aromatic carbocycles. The third-order valence-electron chi connectivity index (χ3n) is 2.04. The molecule has 0 aromatic rings. The van der Waals surface area contributed by atoms with Crippen molar-refractivity contribution in [3.05, 3.63) is 0 Å². The minimum absolute atomic E-state index is 0.0481. The minimum Gasteiger partial charge on any atom is -0.395 e. The van der Waals surface area contributed by atoms with Crippen LogP contribution in [0.2, 0.25) is 0 Å². The third-order valence-corrected chi connectivity index (χ3v) is 2.04. The fraction of sp³-hybridized carbons (Fsp3) is 0.889. The Morgan fingerprint density at radius 2 is 1.92 bits per heavy atom. The molecular weight excluding hydrogens is 170 g/mol. The maximum Gasteiger partial charge on any atom is 0.222 e. The highest BCUT2D eigenvalue weighted by Gasteiger charge is 2.28. The zero-order valence-corrected chi connectivity index (χ0v) is 8.58. The molecule has 0 fully saturated rings. The summed E-state index contributed by atoms with van der Waals surface area (Å²) >= 11 is 0. The van der Waals surface area contributed by atoms with E-state index in [0.717, 1.165) is 0 Å². The van der Waals surface area contributed by atoms with Crippen LogP contribution in [0.4, 0.5) is 0 Å². The molecule has 0 heterocycles. The van der Waals surface area contributed by atoms with Gasteiger partial charge in [-0.3, -0.25) is 4.79 Å². The molecule has 0 atom stereocenters. The van der Waals surface area contributed by atoms with Gasteiger partial charge in [-0.2, -0.15) is 0 Å². The van der Waals surface area contributed by atoms with Crippen LogP contribution in [-0.4, -0.2) is 46.3 Å². The van der Waals surface area contributed by atoms with Gasteiger partial charge in [-0.25, -0.2) is 0 Å². The number of aliphatic hydroxyl groups is 2. The van der Waals surface area contributed by atoms with Crippen LogP contribution < -0.4 is 0 Å². The lowest BCUT2D eigenvalue weighted by atomic mass is 10.0. The molecule has 2 N–H and O–H groups in total. The van der Waals surface area contributed by atoms with Crippen LogP contribution in [-0.2, 0) is 4.79 Å². The van der Waals surface area contributed by atoms with Crippen molar-refractivity contribution in [3.8, 4) is 0 Å². The van der Waals surface area contributed by atoms with E-state index in [1.54, 1.807) is 20.8 Å². The maximum absolute atomic E-state index is 11.4. The van der Waals surface area contributed by atoms with Crippen molar-refractivity contribution >= 4 is 5.91 Å². The van der Waals surface area contributed by atoms with Crippen molar-refractivity contribution in [1.82, 2.24) is 4.90 Å². The summed E-state index contributed by atoms with van der Waals surface area (Å²) in [5, 5.41) is 17.8. The van der Waals surface area contributed by atoms with Crippen molar-refractivity contribution in [2.75, 3.05) is 19.8 Å². The Morgan fingerprint density at radius 3 is 2.23 bits per heavy atom. The fourth-order valence-electron chi connectivity index (χ4n) is 1.14. The summed E-state index contributed by atoms with van der Waals surface area (Å²) in [6, 6.07) is 0. The van der Waals surface area contributed by atoms with Crippen LogP contribution in [0, 0.1) is 0 Å². The second-order valence-corrected chi connectivity index (χ2v) is 3.59. The topological polar surface area (TPSA) is 60.8 Å². The van der Waals surface area contributed by atoms with Gasteiger partial charge in [0, 0.05) is 13.0 Å². The normalized spacial score (nSPS) is 11.5. The fourth-order valence-corrected chi connectivity index (χ4v) is 1.14. The molecule has 13 heavy (non-hydrogen) atoms. The summed E-state index contributed by atoms with van der Waals surface area (Å²) in [7, 11) is 0. The van der Waals surface area contributed by atoms with E-state index in [1.807, 2.05) is 0 Å². The highest BCUT2D eigenvalue weighted by molar-refractivity contribution is 5.76. The van der Waals surface area contributed by atoms with Crippen LogP contribution in [0.1, 0.15) is 27.2 Å². The van der Waals surface area contributed by atoms with Gasteiger partial charge >= 0.3 is 0 Å². The SMILES string of the molecule is CCC(=O)N(CCO)C(C)(C)CO. The number of β-amino-alcohol motifs (C(OH)–C–C–N with tert-alkyl or cyclic N) is 1. The Morgan fingerprint density at radius 1 is 1.38 bits per heavy atom. The predicted octanol–water partition coefficient (Wildman–Crippen LogP) is -0.0118. The highest BCUT2D eigenvalue weighted by Crippen LogP contribution is 2.14. The van der Waals surface area contributed by atoms with E-state index in [9.17, 15) is 4.79 Å². The Bertz CT molecular complexity index is 168. The van der Waals surface area contributed by atoms with Crippen molar-refractivity contribution in [3.63, 3.8) is 0 Å². The minimum atomic E-state index is -0.587. The molecule has 0 aliphatic rings. The molecule has 78 valence electrons. The molecule has 0 radical (unpaired) electrons. The quantitative estimate of drug-likeness (QED) is 0.639. The van der Waals surface area contributed by atoms with Crippen LogP contribution >= 0.6 is 0 Å². The standard InChI is InChI=1S/C9H19NO3/c1-4-8(13)10(5-6-11)9(2,3)7-12/h11-12H,4-7H2,1-3H3. The highest BCUT2D eigenvalue weighted by atomic mass is 16.3. The molecule has 0 aromatic heterocycles. The third kappa shape index (κ3) is 3.32. The maximum atomic E-state index is 11.4. The van der Waals surface area contributed by atoms with Gasteiger partial charge in [-0.15, -0.1) is 0 Å². The molecule has 0 bridgehead atoms. The monoisotopic (exact) mass is 189 g/mol. The largest absolute Gasteiger partial charge is 0.395 e. The van der Waals surface area contributed by atoms with Crippen LogP contribution in [0.5, 0.6) is 0 Å². The molecule has 0 saturated carbocycles. The Labute approximate surface area is 79.2 Å². The molecule has 4 nitrogen and oxygen atoms in total. The second-order valence-electron chi connectivity index (χ2n) is 3.59. The van der Waals surface area contributed by atoms with Gasteiger partial charge in [-0.1, -0.05) is 6.92 Å². The zero-order valence-electron chi connectivity index (χ0n) is 8.58. The summed E-state index contributed by atoms with van der Waals surface area (Å²) in [5.41, 5.74) is -0.587. The van der Waals surface area contributed by atoms with Crippen molar-refractivity contribution in [2.45, 2.75) is 32.7 Å². The molecule has 0 aliphatic carbocycles. The number of rotatable bonds is 5. The van der Waals surface area contributed by atoms with Gasteiger partial charge in [0.05, 0.1) is 18.8 Å². The number of carbonyl (C=O) groups is 1. The summed E-state index contributed by atoms with van der Waals surface area (Å²) in [4.78, 5) is 12.9. The van der Waals surface area contributed by atoms with Crippen LogP contribution in [0.15, 0.2) is 0 Å². The second kappa shape index (κ2) is 5.19. The summed E-state index contributed by atoms with van der Waals surface area (Å²) in [5.74, 6) is -0.0481. The zero-order chi connectivity index (χ0) is 10.5. The average molecular weight is 189 g/mol. The first-order valence-electron chi connectivity index (χ1n) is 4.51. The first-order valence-corrected chi connectivity index (χ1v) is 4.51. The molecule has 1 amide bonds. The number of amides is 1.